The normalized spacial score (nSPS) is 33.5. The summed E-state index contributed by atoms with van der Waals surface area (Å²) in [6.07, 6.45) is 6.15. The van der Waals surface area contributed by atoms with Gasteiger partial charge in [0.05, 0.1) is 29.8 Å². The molecule has 3 aliphatic heterocycles. The van der Waals surface area contributed by atoms with Crippen molar-refractivity contribution in [1.29, 1.82) is 0 Å². The van der Waals surface area contributed by atoms with E-state index in [2.05, 4.69) is 13.5 Å². The Morgan fingerprint density at radius 3 is 2.71 bits per heavy atom. The second-order valence-corrected chi connectivity index (χ2v) is 10.9. The molecule has 0 aliphatic carbocycles. The maximum absolute atomic E-state index is 13.9. The van der Waals surface area contributed by atoms with Gasteiger partial charge in [-0.3, -0.25) is 14.4 Å². The van der Waals surface area contributed by atoms with Crippen molar-refractivity contribution >= 4 is 29.5 Å². The fourth-order valence-corrected chi connectivity index (χ4v) is 8.16. The Kier molecular flexibility index (Phi) is 7.41. The Morgan fingerprint density at radius 2 is 2.10 bits per heavy atom. The molecule has 3 heterocycles. The number of β-amino-alcohol motifs (C(OH)–C–C–N with tert-alkyl or cyclic N) is 1. The van der Waals surface area contributed by atoms with E-state index in [-0.39, 0.29) is 37.5 Å². The molecule has 3 rings (SSSR count). The number of unbranched alkanes of at least 4 members (excludes halogenated alkanes) is 2. The van der Waals surface area contributed by atoms with Gasteiger partial charge in [-0.15, -0.1) is 18.3 Å². The van der Waals surface area contributed by atoms with Crippen LogP contribution in [0.2, 0.25) is 0 Å². The van der Waals surface area contributed by atoms with Crippen LogP contribution >= 0.6 is 11.8 Å². The summed E-state index contributed by atoms with van der Waals surface area (Å²) in [4.78, 5) is 43.7. The van der Waals surface area contributed by atoms with E-state index in [0.717, 1.165) is 25.7 Å². The van der Waals surface area contributed by atoms with Crippen LogP contribution in [-0.2, 0) is 19.1 Å². The molecule has 3 fully saturated rings. The molecule has 0 saturated carbocycles. The molecule has 3 aliphatic rings. The topological polar surface area (TPSA) is 87.2 Å². The Bertz CT molecular complexity index is 731. The standard InChI is InChI=1S/C23H36N2O5S/c1-5-8-9-13-24(12-6-2)20(28)18-23-11-10-22(4,31-23)17(21(29)30-7-3)16(23)19(27)25(18)14-15-26/h6,16-18,26H,2,5,7-15H2,1,3-4H3/t16-,17-,18?,22+,23?/m0/s1. The molecule has 8 heteroatoms. The highest BCUT2D eigenvalue weighted by Gasteiger charge is 2.77. The number of carbonyl (C=O) groups excluding carboxylic acids is 3. The van der Waals surface area contributed by atoms with E-state index in [4.69, 9.17) is 4.74 Å². The number of likely N-dealkylation sites (tertiary alicyclic amines) is 1. The number of amides is 2. The van der Waals surface area contributed by atoms with Gasteiger partial charge in [0.25, 0.3) is 0 Å². The van der Waals surface area contributed by atoms with Crippen LogP contribution in [0.4, 0.5) is 0 Å². The number of carbonyl (C=O) groups is 3. The van der Waals surface area contributed by atoms with Gasteiger partial charge in [-0.25, -0.2) is 0 Å². The molecule has 0 aromatic carbocycles. The minimum atomic E-state index is -0.676. The van der Waals surface area contributed by atoms with Crippen molar-refractivity contribution in [2.75, 3.05) is 32.8 Å². The number of aliphatic hydroxyl groups is 1. The van der Waals surface area contributed by atoms with Gasteiger partial charge in [-0.2, -0.15) is 0 Å². The number of nitrogens with zero attached hydrogens (tertiary/aromatic N) is 2. The number of hydrogen-bond acceptors (Lipinski definition) is 6. The van der Waals surface area contributed by atoms with E-state index in [1.165, 1.54) is 4.90 Å². The first-order chi connectivity index (χ1) is 14.8. The lowest BCUT2D eigenvalue weighted by Gasteiger charge is -2.37. The number of hydrogen-bond donors (Lipinski definition) is 1. The number of rotatable bonds is 11. The highest BCUT2D eigenvalue weighted by molar-refractivity contribution is 8.02. The third-order valence-electron chi connectivity index (χ3n) is 7.08. The Balaban J connectivity index is 1.99. The van der Waals surface area contributed by atoms with Crippen LogP contribution in [0, 0.1) is 11.8 Å². The van der Waals surface area contributed by atoms with Crippen molar-refractivity contribution in [3.63, 3.8) is 0 Å². The van der Waals surface area contributed by atoms with Crippen LogP contribution in [0.5, 0.6) is 0 Å². The van der Waals surface area contributed by atoms with Gasteiger partial charge in [-0.05, 0) is 33.1 Å². The second kappa shape index (κ2) is 9.53. The summed E-state index contributed by atoms with van der Waals surface area (Å²) in [5, 5.41) is 9.67. The molecule has 1 spiro atoms. The van der Waals surface area contributed by atoms with Crippen molar-refractivity contribution in [3.8, 4) is 0 Å². The summed E-state index contributed by atoms with van der Waals surface area (Å²) in [7, 11) is 0. The van der Waals surface area contributed by atoms with Crippen molar-refractivity contribution in [2.45, 2.75) is 68.4 Å². The minimum Gasteiger partial charge on any atom is -0.466 e. The highest BCUT2D eigenvalue weighted by atomic mass is 32.2. The zero-order valence-electron chi connectivity index (χ0n) is 19.0. The molecule has 3 saturated heterocycles. The lowest BCUT2D eigenvalue weighted by molar-refractivity contribution is -0.155. The Labute approximate surface area is 189 Å². The van der Waals surface area contributed by atoms with Crippen LogP contribution in [0.3, 0.4) is 0 Å². The summed E-state index contributed by atoms with van der Waals surface area (Å²) >= 11 is 1.63. The average Bonchev–Trinajstić information content (AvgIpc) is 3.29. The molecule has 0 radical (unpaired) electrons. The second-order valence-electron chi connectivity index (χ2n) is 9.01. The predicted octanol–water partition coefficient (Wildman–Crippen LogP) is 2.23. The number of fused-ring (bicyclic) bond motifs is 1. The van der Waals surface area contributed by atoms with Crippen LogP contribution in [-0.4, -0.2) is 81.1 Å². The van der Waals surface area contributed by atoms with E-state index < -0.39 is 27.4 Å². The fourth-order valence-electron chi connectivity index (χ4n) is 5.82. The van der Waals surface area contributed by atoms with E-state index in [1.54, 1.807) is 29.7 Å². The van der Waals surface area contributed by atoms with Crippen molar-refractivity contribution < 1.29 is 24.2 Å². The van der Waals surface area contributed by atoms with Crippen LogP contribution in [0.1, 0.15) is 52.9 Å². The van der Waals surface area contributed by atoms with Crippen LogP contribution in [0.25, 0.3) is 0 Å². The summed E-state index contributed by atoms with van der Waals surface area (Å²) < 4.78 is 4.29. The Hall–Kier alpha value is -1.54. The van der Waals surface area contributed by atoms with E-state index in [9.17, 15) is 19.5 Å². The average molecular weight is 453 g/mol. The fraction of sp³-hybridized carbons (Fsp3) is 0.783. The molecule has 0 aromatic rings. The number of esters is 1. The molecule has 2 amide bonds. The highest BCUT2D eigenvalue weighted by Crippen LogP contribution is 2.71. The van der Waals surface area contributed by atoms with Crippen LogP contribution < -0.4 is 0 Å². The lowest BCUT2D eigenvalue weighted by atomic mass is 9.66. The molecule has 7 nitrogen and oxygen atoms in total. The van der Waals surface area contributed by atoms with Gasteiger partial charge in [-0.1, -0.05) is 25.8 Å². The first-order valence-corrected chi connectivity index (χ1v) is 12.3. The van der Waals surface area contributed by atoms with Gasteiger partial charge >= 0.3 is 5.97 Å². The molecular weight excluding hydrogens is 416 g/mol. The molecule has 31 heavy (non-hydrogen) atoms. The Morgan fingerprint density at radius 1 is 1.35 bits per heavy atom. The lowest BCUT2D eigenvalue weighted by Crippen LogP contribution is -2.55. The predicted molar refractivity (Wildman–Crippen MR) is 120 cm³/mol. The zero-order chi connectivity index (χ0) is 22.8. The molecule has 2 bridgehead atoms. The number of aliphatic hydroxyl groups excluding tert-OH is 1. The van der Waals surface area contributed by atoms with Gasteiger partial charge in [0.15, 0.2) is 0 Å². The summed E-state index contributed by atoms with van der Waals surface area (Å²) in [5.74, 6) is -1.79. The van der Waals surface area contributed by atoms with Gasteiger partial charge in [0.2, 0.25) is 11.8 Å². The summed E-state index contributed by atoms with van der Waals surface area (Å²) in [5.41, 5.74) is 0. The first-order valence-electron chi connectivity index (χ1n) is 11.5. The number of thioether (sulfide) groups is 1. The van der Waals surface area contributed by atoms with E-state index in [1.807, 2.05) is 6.92 Å². The zero-order valence-corrected chi connectivity index (χ0v) is 19.8. The molecule has 5 atom stereocenters. The minimum absolute atomic E-state index is 0.0944. The maximum atomic E-state index is 13.9. The van der Waals surface area contributed by atoms with Gasteiger partial charge < -0.3 is 19.6 Å². The molecule has 174 valence electrons. The molecule has 0 aromatic heterocycles. The summed E-state index contributed by atoms with van der Waals surface area (Å²) in [6, 6.07) is -0.676. The quantitative estimate of drug-likeness (QED) is 0.294. The van der Waals surface area contributed by atoms with Gasteiger partial charge in [0.1, 0.15) is 6.04 Å². The molecule has 2 unspecified atom stereocenters. The molecule has 1 N–H and O–H groups in total. The van der Waals surface area contributed by atoms with Crippen molar-refractivity contribution in [2.24, 2.45) is 11.8 Å². The maximum Gasteiger partial charge on any atom is 0.311 e. The van der Waals surface area contributed by atoms with E-state index >= 15 is 0 Å². The third kappa shape index (κ3) is 3.90. The first kappa shape index (κ1) is 24.1. The largest absolute Gasteiger partial charge is 0.466 e. The smallest absolute Gasteiger partial charge is 0.311 e. The van der Waals surface area contributed by atoms with E-state index in [0.29, 0.717) is 19.5 Å². The van der Waals surface area contributed by atoms with Crippen molar-refractivity contribution in [3.05, 3.63) is 12.7 Å². The molecular formula is C23H36N2O5S. The van der Waals surface area contributed by atoms with Crippen LogP contribution in [0.15, 0.2) is 12.7 Å². The van der Waals surface area contributed by atoms with Crippen molar-refractivity contribution in [1.82, 2.24) is 9.80 Å². The monoisotopic (exact) mass is 452 g/mol. The number of ether oxygens (including phenoxy) is 1. The third-order valence-corrected chi connectivity index (χ3v) is 9.07. The summed E-state index contributed by atoms with van der Waals surface area (Å²) in [6.45, 7) is 10.9. The van der Waals surface area contributed by atoms with Gasteiger partial charge in [0, 0.05) is 24.4 Å². The SMILES string of the molecule is C=CCN(CCCCC)C(=O)C1N(CCO)C(=O)[C@@H]2[C@@H](C(=O)OCC)[C@@]3(C)CCC12S3.